The molecule has 0 aliphatic carbocycles. The lowest BCUT2D eigenvalue weighted by Crippen LogP contribution is -2.34. The smallest absolute Gasteiger partial charge is 0.271 e. The average Bonchev–Trinajstić information content (AvgIpc) is 2.83. The van der Waals surface area contributed by atoms with Crippen LogP contribution >= 0.6 is 11.6 Å². The lowest BCUT2D eigenvalue weighted by Gasteiger charge is -2.17. The second kappa shape index (κ2) is 6.52. The van der Waals surface area contributed by atoms with Crippen LogP contribution < -0.4 is 10.2 Å². The molecule has 1 N–H and O–H groups in total. The van der Waals surface area contributed by atoms with Crippen LogP contribution in [0.3, 0.4) is 0 Å². The van der Waals surface area contributed by atoms with E-state index in [4.69, 9.17) is 11.6 Å². The molecule has 0 aromatic heterocycles. The maximum absolute atomic E-state index is 12.6. The second-order valence-corrected chi connectivity index (χ2v) is 6.14. The van der Waals surface area contributed by atoms with Gasteiger partial charge in [0.15, 0.2) is 0 Å². The Morgan fingerprint density at radius 1 is 1.24 bits per heavy atom. The molecule has 0 bridgehead atoms. The second-order valence-electron chi connectivity index (χ2n) is 5.70. The number of nitrogens with zero attached hydrogens (tertiary/aromatic N) is 2. The maximum Gasteiger partial charge on any atom is 0.271 e. The third kappa shape index (κ3) is 3.32. The van der Waals surface area contributed by atoms with Crippen molar-refractivity contribution in [1.82, 2.24) is 0 Å². The fraction of sp³-hybridized carbons (Fsp3) is 0.176. The third-order valence-corrected chi connectivity index (χ3v) is 4.21. The largest absolute Gasteiger partial charge is 0.373 e. The molecule has 1 aliphatic heterocycles. The van der Waals surface area contributed by atoms with Gasteiger partial charge in [-0.3, -0.25) is 19.7 Å². The molecule has 128 valence electrons. The first-order valence-electron chi connectivity index (χ1n) is 7.51. The van der Waals surface area contributed by atoms with E-state index in [-0.39, 0.29) is 18.0 Å². The summed E-state index contributed by atoms with van der Waals surface area (Å²) in [5.74, 6) is -0.772. The van der Waals surface area contributed by atoms with Gasteiger partial charge in [0.25, 0.3) is 11.6 Å². The summed E-state index contributed by atoms with van der Waals surface area (Å²) >= 11 is 5.92. The van der Waals surface area contributed by atoms with Crippen LogP contribution in [-0.2, 0) is 9.59 Å². The van der Waals surface area contributed by atoms with E-state index in [1.54, 1.807) is 37.3 Å². The van der Waals surface area contributed by atoms with Crippen LogP contribution in [0, 0.1) is 17.0 Å². The number of benzene rings is 2. The molecule has 2 amide bonds. The molecular weight excluding hydrogens is 346 g/mol. The number of rotatable bonds is 4. The summed E-state index contributed by atoms with van der Waals surface area (Å²) in [6.07, 6.45) is -0.0342. The first-order chi connectivity index (χ1) is 11.9. The van der Waals surface area contributed by atoms with E-state index in [9.17, 15) is 19.7 Å². The molecule has 1 saturated heterocycles. The van der Waals surface area contributed by atoms with E-state index < -0.39 is 16.9 Å². The van der Waals surface area contributed by atoms with E-state index in [0.29, 0.717) is 16.4 Å². The molecule has 1 aliphatic rings. The van der Waals surface area contributed by atoms with E-state index >= 15 is 0 Å². The molecule has 7 nitrogen and oxygen atoms in total. The number of halogens is 1. The van der Waals surface area contributed by atoms with Crippen molar-refractivity contribution in [1.29, 1.82) is 0 Å². The lowest BCUT2D eigenvalue weighted by molar-refractivity contribution is -0.384. The summed E-state index contributed by atoms with van der Waals surface area (Å²) in [5, 5.41) is 14.3. The average molecular weight is 360 g/mol. The zero-order valence-electron chi connectivity index (χ0n) is 13.2. The van der Waals surface area contributed by atoms with E-state index in [2.05, 4.69) is 5.32 Å². The first-order valence-corrected chi connectivity index (χ1v) is 7.88. The minimum Gasteiger partial charge on any atom is -0.373 e. The highest BCUT2D eigenvalue weighted by molar-refractivity contribution is 6.31. The number of anilines is 2. The predicted molar refractivity (Wildman–Crippen MR) is 93.8 cm³/mol. The number of non-ortho nitro benzene ring substituents is 1. The molecule has 0 saturated carbocycles. The monoisotopic (exact) mass is 359 g/mol. The Morgan fingerprint density at radius 2 is 2.00 bits per heavy atom. The third-order valence-electron chi connectivity index (χ3n) is 3.97. The van der Waals surface area contributed by atoms with Crippen LogP contribution in [0.15, 0.2) is 42.5 Å². The molecule has 1 fully saturated rings. The van der Waals surface area contributed by atoms with Crippen LogP contribution in [0.25, 0.3) is 0 Å². The summed E-state index contributed by atoms with van der Waals surface area (Å²) < 4.78 is 0. The van der Waals surface area contributed by atoms with Crippen LogP contribution in [-0.4, -0.2) is 22.8 Å². The van der Waals surface area contributed by atoms with E-state index in [1.165, 1.54) is 12.1 Å². The SMILES string of the molecule is Cc1ccc([N+](=O)[O-])cc1NC1CC(=O)N(c2cccc(Cl)c2)C1=O. The fourth-order valence-electron chi connectivity index (χ4n) is 2.70. The first kappa shape index (κ1) is 16.9. The van der Waals surface area contributed by atoms with Gasteiger partial charge >= 0.3 is 0 Å². The van der Waals surface area contributed by atoms with Gasteiger partial charge in [-0.2, -0.15) is 0 Å². The molecule has 2 aromatic rings. The Bertz CT molecular complexity index is 884. The van der Waals surface area contributed by atoms with Crippen LogP contribution in [0.5, 0.6) is 0 Å². The Balaban J connectivity index is 1.86. The number of hydrogen-bond donors (Lipinski definition) is 1. The molecule has 0 radical (unpaired) electrons. The number of imide groups is 1. The standard InChI is InChI=1S/C17H14ClN3O4/c1-10-5-6-13(21(24)25)8-14(10)19-15-9-16(22)20(17(15)23)12-4-2-3-11(18)7-12/h2-8,15,19H,9H2,1H3. The highest BCUT2D eigenvalue weighted by Crippen LogP contribution is 2.29. The van der Waals surface area contributed by atoms with Crippen molar-refractivity contribution >= 4 is 40.5 Å². The quantitative estimate of drug-likeness (QED) is 0.513. The van der Waals surface area contributed by atoms with E-state index in [0.717, 1.165) is 10.5 Å². The Hall–Kier alpha value is -2.93. The van der Waals surface area contributed by atoms with Crippen molar-refractivity contribution in [3.63, 3.8) is 0 Å². The van der Waals surface area contributed by atoms with Gasteiger partial charge < -0.3 is 5.32 Å². The number of nitrogens with one attached hydrogen (secondary N) is 1. The highest BCUT2D eigenvalue weighted by Gasteiger charge is 2.39. The summed E-state index contributed by atoms with van der Waals surface area (Å²) in [4.78, 5) is 36.4. The Labute approximate surface area is 148 Å². The number of carbonyl (C=O) groups excluding carboxylic acids is 2. The van der Waals surface area contributed by atoms with Gasteiger partial charge in [0.1, 0.15) is 6.04 Å². The lowest BCUT2D eigenvalue weighted by atomic mass is 10.1. The Kier molecular flexibility index (Phi) is 4.41. The minimum atomic E-state index is -0.785. The molecule has 2 aromatic carbocycles. The van der Waals surface area contributed by atoms with Crippen molar-refractivity contribution in [3.8, 4) is 0 Å². The van der Waals surface area contributed by atoms with Crippen molar-refractivity contribution in [2.24, 2.45) is 0 Å². The molecule has 25 heavy (non-hydrogen) atoms. The van der Waals surface area contributed by atoms with Gasteiger partial charge in [-0.05, 0) is 30.7 Å². The van der Waals surface area contributed by atoms with Crippen LogP contribution in [0.1, 0.15) is 12.0 Å². The predicted octanol–water partition coefficient (Wildman–Crippen LogP) is 3.30. The topological polar surface area (TPSA) is 92.6 Å². The number of amides is 2. The van der Waals surface area contributed by atoms with E-state index in [1.807, 2.05) is 0 Å². The number of aryl methyl sites for hydroxylation is 1. The summed E-state index contributed by atoms with van der Waals surface area (Å²) in [5.41, 5.74) is 1.51. The molecule has 0 spiro atoms. The maximum atomic E-state index is 12.6. The van der Waals surface area contributed by atoms with Crippen molar-refractivity contribution in [3.05, 3.63) is 63.2 Å². The van der Waals surface area contributed by atoms with Crippen molar-refractivity contribution in [2.75, 3.05) is 10.2 Å². The van der Waals surface area contributed by atoms with Crippen molar-refractivity contribution in [2.45, 2.75) is 19.4 Å². The van der Waals surface area contributed by atoms with Gasteiger partial charge in [-0.25, -0.2) is 4.90 Å². The molecule has 1 atom stereocenters. The highest BCUT2D eigenvalue weighted by atomic mass is 35.5. The molecule has 3 rings (SSSR count). The summed E-state index contributed by atoms with van der Waals surface area (Å²) in [7, 11) is 0. The number of carbonyl (C=O) groups is 2. The molecular formula is C17H14ClN3O4. The normalized spacial score (nSPS) is 17.0. The number of hydrogen-bond acceptors (Lipinski definition) is 5. The van der Waals surface area contributed by atoms with Gasteiger partial charge in [0.05, 0.1) is 17.0 Å². The number of nitro groups is 1. The summed E-state index contributed by atoms with van der Waals surface area (Å²) in [6, 6.07) is 10.0. The Morgan fingerprint density at radius 3 is 2.68 bits per heavy atom. The van der Waals surface area contributed by atoms with Gasteiger partial charge in [0.2, 0.25) is 5.91 Å². The molecule has 8 heteroatoms. The molecule has 1 unspecified atom stereocenters. The van der Waals surface area contributed by atoms with Crippen LogP contribution in [0.4, 0.5) is 17.1 Å². The van der Waals surface area contributed by atoms with Crippen molar-refractivity contribution < 1.29 is 14.5 Å². The van der Waals surface area contributed by atoms with Gasteiger partial charge in [0, 0.05) is 22.8 Å². The van der Waals surface area contributed by atoms with Gasteiger partial charge in [-0.15, -0.1) is 0 Å². The number of nitro benzene ring substituents is 1. The van der Waals surface area contributed by atoms with Crippen LogP contribution in [0.2, 0.25) is 5.02 Å². The van der Waals surface area contributed by atoms with Gasteiger partial charge in [-0.1, -0.05) is 23.7 Å². The minimum absolute atomic E-state index is 0.0342. The molecule has 1 heterocycles. The fourth-order valence-corrected chi connectivity index (χ4v) is 2.88. The zero-order chi connectivity index (χ0) is 18.1. The summed E-state index contributed by atoms with van der Waals surface area (Å²) in [6.45, 7) is 1.77. The zero-order valence-corrected chi connectivity index (χ0v) is 14.0.